The van der Waals surface area contributed by atoms with Gasteiger partial charge < -0.3 is 0 Å². The molecule has 0 fully saturated rings. The van der Waals surface area contributed by atoms with E-state index in [1.54, 1.807) is 0 Å². The molecule has 2 heteroatoms. The molecule has 0 unspecified atom stereocenters. The van der Waals surface area contributed by atoms with Crippen LogP contribution >= 0.6 is 20.5 Å². The fourth-order valence-electron chi connectivity index (χ4n) is 0. The molecule has 4 heavy (non-hydrogen) atoms. The first-order valence-corrected chi connectivity index (χ1v) is 4.29. The zero-order chi connectivity index (χ0) is 3.41. The quantitative estimate of drug-likeness (QED) is 0.400. The first-order chi connectivity index (χ1) is 1.91. The van der Waals surface area contributed by atoms with Crippen LogP contribution < -0.4 is 0 Å². The molecule has 0 saturated carbocycles. The molecule has 0 aliphatic carbocycles. The van der Waals surface area contributed by atoms with Crippen molar-refractivity contribution in [3.8, 4) is 0 Å². The molecule has 0 aliphatic heterocycles. The van der Waals surface area contributed by atoms with Gasteiger partial charge in [0.1, 0.15) is 0 Å². The Morgan fingerprint density at radius 2 is 2.25 bits per heavy atom. The van der Waals surface area contributed by atoms with Crippen LogP contribution in [0.3, 0.4) is 0 Å². The van der Waals surface area contributed by atoms with E-state index in [2.05, 4.69) is 11.3 Å². The average molecular weight is 168 g/mol. The molecule has 0 atom stereocenters. The van der Waals surface area contributed by atoms with Crippen molar-refractivity contribution < 1.29 is 0 Å². The van der Waals surface area contributed by atoms with E-state index in [1.165, 1.54) is 5.14 Å². The van der Waals surface area contributed by atoms with Crippen molar-refractivity contribution in [2.24, 2.45) is 0 Å². The molecule has 0 amide bonds. The second kappa shape index (κ2) is 3.66. The Labute approximate surface area is 37.3 Å². The third kappa shape index (κ3) is 2.66. The highest BCUT2D eigenvalue weighted by Crippen LogP contribution is 1.78. The largest absolute Gasteiger partial charge is 0.190 e. The lowest BCUT2D eigenvalue weighted by Gasteiger charge is -1.52. The molecule has 24 valence electrons. The Balaban J connectivity index is 2.30. The molecule has 0 bridgehead atoms. The summed E-state index contributed by atoms with van der Waals surface area (Å²) in [7, 11) is 0. The molecule has 0 rings (SSSR count). The van der Waals surface area contributed by atoms with E-state index >= 15 is 0 Å². The first-order valence-electron chi connectivity index (χ1n) is 1.24. The van der Waals surface area contributed by atoms with Crippen molar-refractivity contribution >= 4 is 30.2 Å². The highest BCUT2D eigenvalue weighted by atomic mass is 127. The van der Waals surface area contributed by atoms with E-state index in [-0.39, 0.29) is 0 Å². The van der Waals surface area contributed by atoms with Gasteiger partial charge in [-0.2, -0.15) is 20.5 Å². The fraction of sp³-hybridized carbons (Fsp3) is 0.500. The van der Waals surface area contributed by atoms with Crippen molar-refractivity contribution in [3.63, 3.8) is 0 Å². The van der Waals surface area contributed by atoms with Crippen molar-refractivity contribution in [3.05, 3.63) is 0 Å². The highest BCUT2D eigenvalue weighted by Gasteiger charge is 1.53. The van der Waals surface area contributed by atoms with E-state index in [0.717, 1.165) is 0 Å². The predicted octanol–water partition coefficient (Wildman–Crippen LogP) is 0.789. The Hall–Kier alpha value is 0.665. The smallest absolute Gasteiger partial charge is 0.187 e. The minimum Gasteiger partial charge on any atom is -0.187 e. The monoisotopic (exact) mass is 168 g/mol. The number of hydrogen-bond acceptors (Lipinski definition) is 0. The van der Waals surface area contributed by atoms with Crippen LogP contribution in [0.1, 0.15) is 0 Å². The van der Waals surface area contributed by atoms with Crippen LogP contribution in [0.15, 0.2) is 0 Å². The molecule has 0 aliphatic rings. The van der Waals surface area contributed by atoms with Crippen molar-refractivity contribution in [1.29, 1.82) is 0 Å². The topological polar surface area (TPSA) is 0 Å². The van der Waals surface area contributed by atoms with Crippen molar-refractivity contribution in [2.45, 2.75) is 6.82 Å². The summed E-state index contributed by atoms with van der Waals surface area (Å²) < 4.78 is 3.71. The maximum absolute atomic E-state index is 3.71. The third-order valence-electron chi connectivity index (χ3n) is 0.189. The normalized spacial score (nSPS) is 6.25. The molecule has 0 radical (unpaired) electrons. The van der Waals surface area contributed by atoms with Crippen LogP contribution in [-0.4, -0.2) is 9.65 Å². The Kier molecular flexibility index (Phi) is 4.27. The van der Waals surface area contributed by atoms with Crippen LogP contribution in [0.5, 0.6) is 0 Å². The molecule has 0 aromatic heterocycles. The molecule has 0 nitrogen and oxygen atoms in total. The highest BCUT2D eigenvalue weighted by molar-refractivity contribution is 14.2. The van der Waals surface area contributed by atoms with Crippen molar-refractivity contribution in [2.75, 3.05) is 0 Å². The molecule has 0 aromatic rings. The predicted molar refractivity (Wildman–Crippen MR) is 34.2 cm³/mol. The maximum atomic E-state index is 3.71. The molecule has 0 spiro atoms. The van der Waals surface area contributed by atoms with Gasteiger partial charge in [-0.1, -0.05) is 11.3 Å². The first kappa shape index (κ1) is 4.66. The molecule has 0 saturated heterocycles. The van der Waals surface area contributed by atoms with Gasteiger partial charge in [0.25, 0.3) is 0 Å². The van der Waals surface area contributed by atoms with E-state index in [4.69, 9.17) is 0 Å². The summed E-state index contributed by atoms with van der Waals surface area (Å²) in [4.78, 5) is 0. The zero-order valence-electron chi connectivity index (χ0n) is 2.79. The van der Waals surface area contributed by atoms with Crippen LogP contribution in [0.2, 0.25) is 6.82 Å². The van der Waals surface area contributed by atoms with Gasteiger partial charge in [0.2, 0.25) is 0 Å². The molecular formula is C2H6BI. The number of hydrogen-bond donors (Lipinski definition) is 0. The Morgan fingerprint density at radius 1 is 2.00 bits per heavy atom. The third-order valence-corrected chi connectivity index (χ3v) is 1.27. The second-order valence-corrected chi connectivity index (χ2v) is 3.06. The standard InChI is InChI=1S/C2H6BI/c1-3-4-2/h3H,2H2,1H3. The second-order valence-electron chi connectivity index (χ2n) is 0.456. The fourth-order valence-corrected chi connectivity index (χ4v) is 0. The zero-order valence-corrected chi connectivity index (χ0v) is 4.95. The van der Waals surface area contributed by atoms with Gasteiger partial charge in [0.05, 0.1) is 0 Å². The lowest BCUT2D eigenvalue weighted by molar-refractivity contribution is 2.39. The summed E-state index contributed by atoms with van der Waals surface area (Å²) in [5.74, 6) is 0. The SMILES string of the molecule is C=IBC. The van der Waals surface area contributed by atoms with E-state index in [9.17, 15) is 0 Å². The van der Waals surface area contributed by atoms with Crippen LogP contribution in [-0.2, 0) is 0 Å². The summed E-state index contributed by atoms with van der Waals surface area (Å²) in [6, 6.07) is 0. The lowest BCUT2D eigenvalue weighted by atomic mass is 10.2. The summed E-state index contributed by atoms with van der Waals surface area (Å²) in [5, 5.41) is 1.32. The summed E-state index contributed by atoms with van der Waals surface area (Å²) in [5.41, 5.74) is 0. The van der Waals surface area contributed by atoms with Gasteiger partial charge in [-0.3, -0.25) is 0 Å². The summed E-state index contributed by atoms with van der Waals surface area (Å²) in [6.07, 6.45) is 0. The molecular weight excluding hydrogens is 162 g/mol. The summed E-state index contributed by atoms with van der Waals surface area (Å²) in [6.45, 7) is 2.17. The minimum atomic E-state index is 0.361. The number of halogens is 1. The average Bonchev–Trinajstić information content (AvgIpc) is 1.37. The van der Waals surface area contributed by atoms with Crippen LogP contribution in [0.4, 0.5) is 0 Å². The van der Waals surface area contributed by atoms with Gasteiger partial charge in [0.15, 0.2) is 5.14 Å². The Bertz CT molecular complexity index is 20.0. The van der Waals surface area contributed by atoms with Gasteiger partial charge in [-0.25, -0.2) is 0 Å². The van der Waals surface area contributed by atoms with Gasteiger partial charge in [0, 0.05) is 0 Å². The maximum Gasteiger partial charge on any atom is 0.190 e. The Morgan fingerprint density at radius 3 is 2.25 bits per heavy atom. The van der Waals surface area contributed by atoms with Gasteiger partial charge >= 0.3 is 0 Å². The number of rotatable bonds is 1. The lowest BCUT2D eigenvalue weighted by Crippen LogP contribution is -1.48. The van der Waals surface area contributed by atoms with E-state index in [0.29, 0.717) is 20.5 Å². The molecule has 0 N–H and O–H groups in total. The van der Waals surface area contributed by atoms with E-state index in [1.807, 2.05) is 0 Å². The molecule has 0 heterocycles. The minimum absolute atomic E-state index is 0.361. The van der Waals surface area contributed by atoms with Crippen LogP contribution in [0.25, 0.3) is 0 Å². The van der Waals surface area contributed by atoms with Crippen LogP contribution in [0, 0.1) is 0 Å². The van der Waals surface area contributed by atoms with Gasteiger partial charge in [-0.05, 0) is 0 Å². The van der Waals surface area contributed by atoms with E-state index < -0.39 is 0 Å². The molecule has 0 aromatic carbocycles. The van der Waals surface area contributed by atoms with Gasteiger partial charge in [-0.15, -0.1) is 0 Å². The van der Waals surface area contributed by atoms with Crippen molar-refractivity contribution in [1.82, 2.24) is 0 Å². The summed E-state index contributed by atoms with van der Waals surface area (Å²) >= 11 is 0.361.